The molecule has 0 bridgehead atoms. The van der Waals surface area contributed by atoms with E-state index >= 15 is 0 Å². The molecule has 0 atom stereocenters. The van der Waals surface area contributed by atoms with Crippen LogP contribution in [-0.4, -0.2) is 44.4 Å². The van der Waals surface area contributed by atoms with Crippen molar-refractivity contribution in [1.29, 1.82) is 0 Å². The minimum Gasteiger partial charge on any atom is -0.383 e. The van der Waals surface area contributed by atoms with Gasteiger partial charge in [0.2, 0.25) is 0 Å². The largest absolute Gasteiger partial charge is 0.383 e. The Kier molecular flexibility index (Phi) is 4.85. The third kappa shape index (κ3) is 3.55. The van der Waals surface area contributed by atoms with E-state index in [9.17, 15) is 4.39 Å². The Balaban J connectivity index is 1.40. The highest BCUT2D eigenvalue weighted by Crippen LogP contribution is 2.39. The Morgan fingerprint density at radius 1 is 1.00 bits per heavy atom. The van der Waals surface area contributed by atoms with E-state index in [1.807, 2.05) is 22.9 Å². The van der Waals surface area contributed by atoms with Crippen LogP contribution in [0.25, 0.3) is 38.1 Å². The fourth-order valence-corrected chi connectivity index (χ4v) is 5.76. The van der Waals surface area contributed by atoms with Crippen LogP contribution in [0, 0.1) is 5.82 Å². The molecule has 5 heterocycles. The van der Waals surface area contributed by atoms with Gasteiger partial charge in [0.15, 0.2) is 0 Å². The number of nitrogen functional groups attached to an aromatic ring is 1. The lowest BCUT2D eigenvalue weighted by Crippen LogP contribution is -2.29. The first-order valence-corrected chi connectivity index (χ1v) is 11.8. The molecule has 0 unspecified atom stereocenters. The number of nitrogens with two attached hydrogens (primary N) is 1. The van der Waals surface area contributed by atoms with Gasteiger partial charge in [-0.25, -0.2) is 19.3 Å². The van der Waals surface area contributed by atoms with Crippen molar-refractivity contribution in [2.24, 2.45) is 0 Å². The van der Waals surface area contributed by atoms with Crippen LogP contribution < -0.4 is 5.73 Å². The number of hydrogen-bond acceptors (Lipinski definition) is 6. The van der Waals surface area contributed by atoms with Crippen molar-refractivity contribution in [3.63, 3.8) is 0 Å². The normalized spacial score (nSPS) is 15.6. The predicted molar refractivity (Wildman–Crippen MR) is 131 cm³/mol. The average molecular weight is 459 g/mol. The highest BCUT2D eigenvalue weighted by Gasteiger charge is 2.22. The zero-order valence-corrected chi connectivity index (χ0v) is 19.0. The zero-order valence-electron chi connectivity index (χ0n) is 18.2. The van der Waals surface area contributed by atoms with Gasteiger partial charge in [0, 0.05) is 47.1 Å². The number of rotatable bonds is 3. The number of nitrogens with zero attached hydrogens (tertiary/aromatic N) is 5. The van der Waals surface area contributed by atoms with Gasteiger partial charge in [0.05, 0.1) is 21.8 Å². The molecule has 1 aliphatic rings. The number of aromatic nitrogens is 4. The van der Waals surface area contributed by atoms with Crippen LogP contribution in [0.3, 0.4) is 0 Å². The van der Waals surface area contributed by atoms with Crippen LogP contribution in [0.5, 0.6) is 0 Å². The van der Waals surface area contributed by atoms with Crippen molar-refractivity contribution in [2.45, 2.75) is 18.8 Å². The summed E-state index contributed by atoms with van der Waals surface area (Å²) in [6.07, 6.45) is 9.56. The first kappa shape index (κ1) is 20.3. The molecule has 0 saturated carbocycles. The maximum absolute atomic E-state index is 13.6. The first-order valence-electron chi connectivity index (χ1n) is 11.0. The minimum absolute atomic E-state index is 0.305. The molecule has 5 aromatic rings. The number of anilines is 1. The number of benzene rings is 1. The van der Waals surface area contributed by atoms with Gasteiger partial charge in [-0.2, -0.15) is 0 Å². The second-order valence-corrected chi connectivity index (χ2v) is 9.74. The molecule has 0 aliphatic carbocycles. The number of imidazole rings is 1. The Bertz CT molecular complexity index is 1480. The molecule has 8 heteroatoms. The fourth-order valence-electron chi connectivity index (χ4n) is 4.65. The molecule has 166 valence electrons. The number of fused-ring (bicyclic) bond motifs is 2. The molecule has 1 aromatic carbocycles. The summed E-state index contributed by atoms with van der Waals surface area (Å²) in [6.45, 7) is 2.23. The van der Waals surface area contributed by atoms with Gasteiger partial charge in [0.1, 0.15) is 17.3 Å². The highest BCUT2D eigenvalue weighted by atomic mass is 32.1. The van der Waals surface area contributed by atoms with Crippen molar-refractivity contribution in [3.05, 3.63) is 65.9 Å². The van der Waals surface area contributed by atoms with Gasteiger partial charge in [-0.15, -0.1) is 11.3 Å². The zero-order chi connectivity index (χ0) is 22.5. The molecule has 33 heavy (non-hydrogen) atoms. The molecular formula is C25H23FN6S. The molecule has 0 spiro atoms. The van der Waals surface area contributed by atoms with E-state index in [1.165, 1.54) is 17.1 Å². The average Bonchev–Trinajstić information content (AvgIpc) is 3.47. The van der Waals surface area contributed by atoms with Crippen molar-refractivity contribution in [3.8, 4) is 21.7 Å². The van der Waals surface area contributed by atoms with E-state index in [1.54, 1.807) is 23.7 Å². The molecule has 1 fully saturated rings. The summed E-state index contributed by atoms with van der Waals surface area (Å²) < 4.78 is 15.4. The number of piperidine rings is 1. The predicted octanol–water partition coefficient (Wildman–Crippen LogP) is 5.20. The summed E-state index contributed by atoms with van der Waals surface area (Å²) in [6, 6.07) is 9.02. The monoisotopic (exact) mass is 458 g/mol. The molecule has 1 aliphatic heterocycles. The van der Waals surface area contributed by atoms with E-state index < -0.39 is 0 Å². The summed E-state index contributed by atoms with van der Waals surface area (Å²) in [4.78, 5) is 17.1. The lowest BCUT2D eigenvalue weighted by molar-refractivity contribution is 0.255. The lowest BCUT2D eigenvalue weighted by Gasteiger charge is -2.27. The van der Waals surface area contributed by atoms with Gasteiger partial charge in [-0.3, -0.25) is 4.40 Å². The third-order valence-electron chi connectivity index (χ3n) is 6.55. The Labute approximate surface area is 194 Å². The quantitative estimate of drug-likeness (QED) is 0.402. The van der Waals surface area contributed by atoms with E-state index in [2.05, 4.69) is 34.0 Å². The Morgan fingerprint density at radius 3 is 2.70 bits per heavy atom. The molecular weight excluding hydrogens is 435 g/mol. The summed E-state index contributed by atoms with van der Waals surface area (Å²) in [7, 11) is 2.18. The molecule has 4 aromatic heterocycles. The highest BCUT2D eigenvalue weighted by molar-refractivity contribution is 7.15. The Morgan fingerprint density at radius 2 is 1.85 bits per heavy atom. The molecule has 0 amide bonds. The molecule has 2 N–H and O–H groups in total. The second kappa shape index (κ2) is 7.90. The number of thiazole rings is 1. The van der Waals surface area contributed by atoms with E-state index in [-0.39, 0.29) is 5.82 Å². The van der Waals surface area contributed by atoms with Crippen LogP contribution in [0.4, 0.5) is 10.2 Å². The van der Waals surface area contributed by atoms with Crippen LogP contribution in [0.1, 0.15) is 23.8 Å². The fraction of sp³-hybridized carbons (Fsp3) is 0.240. The summed E-state index contributed by atoms with van der Waals surface area (Å²) in [5.74, 6) is 0.704. The van der Waals surface area contributed by atoms with E-state index in [0.717, 1.165) is 58.4 Å². The molecule has 6 rings (SSSR count). The van der Waals surface area contributed by atoms with Crippen molar-refractivity contribution in [1.82, 2.24) is 24.3 Å². The van der Waals surface area contributed by atoms with Crippen molar-refractivity contribution < 1.29 is 4.39 Å². The van der Waals surface area contributed by atoms with Gasteiger partial charge >= 0.3 is 0 Å². The SMILES string of the molecule is CN1CCC(c2ncc(-c3cnc(N)c4cc(-c5cnc6cc(F)ccn56)ccc34)s2)CC1. The van der Waals surface area contributed by atoms with Crippen LogP contribution in [0.15, 0.2) is 55.1 Å². The number of likely N-dealkylation sites (tertiary alicyclic amines) is 1. The van der Waals surface area contributed by atoms with E-state index in [4.69, 9.17) is 10.7 Å². The number of pyridine rings is 2. The smallest absolute Gasteiger partial charge is 0.140 e. The number of hydrogen-bond donors (Lipinski definition) is 1. The first-order chi connectivity index (χ1) is 16.1. The van der Waals surface area contributed by atoms with Gasteiger partial charge in [-0.1, -0.05) is 12.1 Å². The number of halogens is 1. The molecule has 1 saturated heterocycles. The topological polar surface area (TPSA) is 72.3 Å². The van der Waals surface area contributed by atoms with Crippen LogP contribution in [0.2, 0.25) is 0 Å². The maximum Gasteiger partial charge on any atom is 0.140 e. The summed E-state index contributed by atoms with van der Waals surface area (Å²) in [5, 5.41) is 3.14. The van der Waals surface area contributed by atoms with Crippen LogP contribution in [-0.2, 0) is 0 Å². The van der Waals surface area contributed by atoms with Crippen molar-refractivity contribution in [2.75, 3.05) is 25.9 Å². The van der Waals surface area contributed by atoms with Gasteiger partial charge in [0.25, 0.3) is 0 Å². The molecule has 0 radical (unpaired) electrons. The minimum atomic E-state index is -0.305. The van der Waals surface area contributed by atoms with Crippen molar-refractivity contribution >= 4 is 33.6 Å². The summed E-state index contributed by atoms with van der Waals surface area (Å²) >= 11 is 1.76. The lowest BCUT2D eigenvalue weighted by atomic mass is 9.98. The van der Waals surface area contributed by atoms with E-state index in [0.29, 0.717) is 17.4 Å². The summed E-state index contributed by atoms with van der Waals surface area (Å²) in [5.41, 5.74) is 9.72. The maximum atomic E-state index is 13.6. The second-order valence-electron chi connectivity index (χ2n) is 8.67. The third-order valence-corrected chi connectivity index (χ3v) is 7.74. The standard InChI is InChI=1S/C25H23FN6S/c1-31-7-4-15(5-8-31)25-30-14-22(33-25)20-12-29-24(27)19-10-16(2-3-18(19)20)21-13-28-23-11-17(26)6-9-32(21)23/h2-3,6,9-15H,4-5,7-8H2,1H3,(H2,27,29). The van der Waals surface area contributed by atoms with Gasteiger partial charge < -0.3 is 10.6 Å². The molecule has 6 nitrogen and oxygen atoms in total. The van der Waals surface area contributed by atoms with Gasteiger partial charge in [-0.05, 0) is 50.5 Å². The van der Waals surface area contributed by atoms with Crippen LogP contribution >= 0.6 is 11.3 Å². The Hall–Kier alpha value is -3.36.